The number of carbonyl (C=O) groups excluding carboxylic acids is 2. The van der Waals surface area contributed by atoms with Gasteiger partial charge >= 0.3 is 6.18 Å². The number of nitrogens with zero attached hydrogens (tertiary/aromatic N) is 2. The minimum atomic E-state index is -4.24. The lowest BCUT2D eigenvalue weighted by Crippen LogP contribution is -2.52. The van der Waals surface area contributed by atoms with Crippen LogP contribution in [0.3, 0.4) is 0 Å². The minimum absolute atomic E-state index is 0.0643. The highest BCUT2D eigenvalue weighted by Gasteiger charge is 2.32. The van der Waals surface area contributed by atoms with Gasteiger partial charge in [0, 0.05) is 55.8 Å². The van der Waals surface area contributed by atoms with E-state index in [2.05, 4.69) is 10.6 Å². The number of halogens is 6. The summed E-state index contributed by atoms with van der Waals surface area (Å²) in [5.41, 5.74) is 0.261. The van der Waals surface area contributed by atoms with Gasteiger partial charge in [-0.15, -0.1) is 0 Å². The largest absolute Gasteiger partial charge is 0.390 e. The fourth-order valence-corrected chi connectivity index (χ4v) is 5.87. The lowest BCUT2D eigenvalue weighted by molar-refractivity contribution is -0.139. The summed E-state index contributed by atoms with van der Waals surface area (Å²) in [5.74, 6) is -3.31. The average Bonchev–Trinajstić information content (AvgIpc) is 2.94. The lowest BCUT2D eigenvalue weighted by Gasteiger charge is -2.41. The normalized spacial score (nSPS) is 18.6. The Labute approximate surface area is 247 Å². The highest BCUT2D eigenvalue weighted by Crippen LogP contribution is 2.32. The highest BCUT2D eigenvalue weighted by molar-refractivity contribution is 6.31. The van der Waals surface area contributed by atoms with Crippen molar-refractivity contribution in [2.75, 3.05) is 36.4 Å². The molecule has 0 aromatic heterocycles. The Morgan fingerprint density at radius 1 is 1.02 bits per heavy atom. The molecule has 42 heavy (non-hydrogen) atoms. The number of benzene rings is 2. The molecule has 230 valence electrons. The molecular weight excluding hydrogens is 579 g/mol. The summed E-state index contributed by atoms with van der Waals surface area (Å²) >= 11 is 6.21. The van der Waals surface area contributed by atoms with Crippen molar-refractivity contribution in [3.05, 3.63) is 58.1 Å². The molecule has 1 aliphatic carbocycles. The lowest BCUT2D eigenvalue weighted by atomic mass is 9.87. The molecule has 1 heterocycles. The average molecular weight is 615 g/mol. The summed E-state index contributed by atoms with van der Waals surface area (Å²) in [6.07, 6.45) is 0.571. The molecule has 4 rings (SSSR count). The second-order valence-electron chi connectivity index (χ2n) is 11.2. The maximum Gasteiger partial charge on any atom is 0.390 e. The molecule has 1 atom stereocenters. The molecule has 6 nitrogen and oxygen atoms in total. The molecule has 0 radical (unpaired) electrons. The molecule has 2 aliphatic rings. The molecule has 2 amide bonds. The van der Waals surface area contributed by atoms with Crippen LogP contribution >= 0.6 is 11.6 Å². The van der Waals surface area contributed by atoms with Crippen molar-refractivity contribution in [2.24, 2.45) is 5.92 Å². The van der Waals surface area contributed by atoms with Crippen molar-refractivity contribution in [1.82, 2.24) is 10.2 Å². The predicted molar refractivity (Wildman–Crippen MR) is 153 cm³/mol. The van der Waals surface area contributed by atoms with Crippen LogP contribution in [0.4, 0.5) is 33.3 Å². The van der Waals surface area contributed by atoms with Crippen molar-refractivity contribution >= 4 is 34.8 Å². The monoisotopic (exact) mass is 614 g/mol. The van der Waals surface area contributed by atoms with Gasteiger partial charge < -0.3 is 15.5 Å². The van der Waals surface area contributed by atoms with Gasteiger partial charge in [-0.05, 0) is 49.9 Å². The molecule has 2 aromatic rings. The first-order valence-electron chi connectivity index (χ1n) is 14.3. The molecule has 1 aliphatic heterocycles. The quantitative estimate of drug-likeness (QED) is 0.301. The number of alkyl halides is 3. The van der Waals surface area contributed by atoms with Crippen LogP contribution in [0.15, 0.2) is 30.3 Å². The molecule has 0 bridgehead atoms. The van der Waals surface area contributed by atoms with Crippen molar-refractivity contribution < 1.29 is 31.5 Å². The highest BCUT2D eigenvalue weighted by atomic mass is 35.5. The van der Waals surface area contributed by atoms with Crippen LogP contribution in [0.1, 0.15) is 67.8 Å². The van der Waals surface area contributed by atoms with E-state index in [1.807, 2.05) is 11.8 Å². The van der Waals surface area contributed by atoms with Crippen LogP contribution in [-0.4, -0.2) is 55.1 Å². The van der Waals surface area contributed by atoms with Crippen molar-refractivity contribution in [3.8, 4) is 0 Å². The SMILES string of the molecule is C[C@@H]1CN(c2cc(Cl)ccc2NC(=O)c2ccc(CNC(=O)CC3CCCCC3)c(F)c2F)CCN1CCC(F)(F)F. The van der Waals surface area contributed by atoms with Gasteiger partial charge in [0.05, 0.1) is 23.4 Å². The summed E-state index contributed by atoms with van der Waals surface area (Å²) < 4.78 is 68.0. The molecule has 2 N–H and O–H groups in total. The Hall–Kier alpha value is -2.92. The molecule has 0 unspecified atom stereocenters. The fraction of sp³-hybridized carbons (Fsp3) is 0.533. The number of rotatable bonds is 9. The summed E-state index contributed by atoms with van der Waals surface area (Å²) in [4.78, 5) is 29.0. The Balaban J connectivity index is 1.40. The first-order chi connectivity index (χ1) is 19.9. The first kappa shape index (κ1) is 32.0. The van der Waals surface area contributed by atoms with Gasteiger partial charge in [0.1, 0.15) is 0 Å². The fourth-order valence-electron chi connectivity index (χ4n) is 5.70. The van der Waals surface area contributed by atoms with E-state index >= 15 is 4.39 Å². The maximum absolute atomic E-state index is 15.0. The van der Waals surface area contributed by atoms with Gasteiger partial charge in [0.2, 0.25) is 5.91 Å². The number of amides is 2. The molecule has 0 spiro atoms. The van der Waals surface area contributed by atoms with E-state index in [4.69, 9.17) is 11.6 Å². The second kappa shape index (κ2) is 14.0. The third kappa shape index (κ3) is 8.56. The standard InChI is InChI=1S/C30H36ClF5N4O2/c1-19-18-40(14-13-39(19)12-11-30(34,35)36)25-16-22(31)8-10-24(25)38-29(42)23-9-7-21(27(32)28(23)33)17-37-26(41)15-20-5-3-2-4-6-20/h7-10,16,19-20H,2-6,11-15,17-18H2,1H3,(H,37,41)(H,38,42)/t19-/m1/s1. The summed E-state index contributed by atoms with van der Waals surface area (Å²) in [6, 6.07) is 6.95. The van der Waals surface area contributed by atoms with Crippen LogP contribution in [0.5, 0.6) is 0 Å². The number of hydrogen-bond donors (Lipinski definition) is 2. The third-order valence-electron chi connectivity index (χ3n) is 8.08. The van der Waals surface area contributed by atoms with Gasteiger partial charge in [-0.25, -0.2) is 8.78 Å². The van der Waals surface area contributed by atoms with E-state index in [-0.39, 0.29) is 30.6 Å². The van der Waals surface area contributed by atoms with Crippen LogP contribution in [0.2, 0.25) is 5.02 Å². The van der Waals surface area contributed by atoms with Crippen molar-refractivity contribution in [1.29, 1.82) is 0 Å². The maximum atomic E-state index is 15.0. The molecular formula is C30H36ClF5N4O2. The van der Waals surface area contributed by atoms with Gasteiger partial charge in [-0.2, -0.15) is 13.2 Å². The van der Waals surface area contributed by atoms with Gasteiger partial charge in [-0.1, -0.05) is 36.9 Å². The number of anilines is 2. The number of hydrogen-bond acceptors (Lipinski definition) is 4. The van der Waals surface area contributed by atoms with Crippen molar-refractivity contribution in [2.45, 2.75) is 70.6 Å². The zero-order chi connectivity index (χ0) is 30.4. The summed E-state index contributed by atoms with van der Waals surface area (Å²) in [5, 5.41) is 5.66. The molecule has 1 saturated heterocycles. The van der Waals surface area contributed by atoms with Crippen LogP contribution in [0, 0.1) is 17.6 Å². The zero-order valence-electron chi connectivity index (χ0n) is 23.5. The molecule has 12 heteroatoms. The van der Waals surface area contributed by atoms with E-state index in [9.17, 15) is 27.2 Å². The Kier molecular flexibility index (Phi) is 10.7. The molecule has 2 fully saturated rings. The van der Waals surface area contributed by atoms with E-state index in [0.29, 0.717) is 48.4 Å². The van der Waals surface area contributed by atoms with E-state index in [0.717, 1.165) is 25.7 Å². The minimum Gasteiger partial charge on any atom is -0.367 e. The predicted octanol–water partition coefficient (Wildman–Crippen LogP) is 6.92. The van der Waals surface area contributed by atoms with E-state index in [1.165, 1.54) is 18.6 Å². The second-order valence-corrected chi connectivity index (χ2v) is 11.6. The van der Waals surface area contributed by atoms with Gasteiger partial charge in [0.15, 0.2) is 11.6 Å². The summed E-state index contributed by atoms with van der Waals surface area (Å²) in [7, 11) is 0. The van der Waals surface area contributed by atoms with Crippen LogP contribution < -0.4 is 15.5 Å². The Morgan fingerprint density at radius 3 is 2.45 bits per heavy atom. The number of carbonyl (C=O) groups is 2. The van der Waals surface area contributed by atoms with Crippen molar-refractivity contribution in [3.63, 3.8) is 0 Å². The van der Waals surface area contributed by atoms with E-state index < -0.39 is 35.7 Å². The van der Waals surface area contributed by atoms with Gasteiger partial charge in [0.25, 0.3) is 5.91 Å². The number of piperazine rings is 1. The Morgan fingerprint density at radius 2 is 1.76 bits per heavy atom. The topological polar surface area (TPSA) is 64.7 Å². The van der Waals surface area contributed by atoms with E-state index in [1.54, 1.807) is 23.1 Å². The smallest absolute Gasteiger partial charge is 0.367 e. The van der Waals surface area contributed by atoms with Gasteiger partial charge in [-0.3, -0.25) is 14.5 Å². The van der Waals surface area contributed by atoms with Crippen LogP contribution in [0.25, 0.3) is 0 Å². The third-order valence-corrected chi connectivity index (χ3v) is 8.31. The number of nitrogens with one attached hydrogen (secondary N) is 2. The summed E-state index contributed by atoms with van der Waals surface area (Å²) in [6.45, 7) is 2.66. The Bertz CT molecular complexity index is 1270. The zero-order valence-corrected chi connectivity index (χ0v) is 24.3. The molecule has 1 saturated carbocycles. The van der Waals surface area contributed by atoms with Crippen LogP contribution in [-0.2, 0) is 11.3 Å². The first-order valence-corrected chi connectivity index (χ1v) is 14.7. The molecule has 2 aromatic carbocycles.